The molecule has 11 heavy (non-hydrogen) atoms. The van der Waals surface area contributed by atoms with Gasteiger partial charge in [-0.25, -0.2) is 4.79 Å². The molecule has 0 fully saturated rings. The molecule has 0 aromatic carbocycles. The van der Waals surface area contributed by atoms with E-state index in [4.69, 9.17) is 0 Å². The Morgan fingerprint density at radius 2 is 2.64 bits per heavy atom. The lowest BCUT2D eigenvalue weighted by Gasteiger charge is -1.82. The average Bonchev–Trinajstić information content (AvgIpc) is 2.52. The lowest BCUT2D eigenvalue weighted by atomic mass is 10.4. The van der Waals surface area contributed by atoms with Crippen molar-refractivity contribution in [2.24, 2.45) is 0 Å². The quantitative estimate of drug-likeness (QED) is 0.392. The maximum atomic E-state index is 10.5. The molecule has 1 aromatic rings. The zero-order valence-electron chi connectivity index (χ0n) is 5.83. The fourth-order valence-corrected chi connectivity index (χ4v) is 0.441. The molecule has 1 heterocycles. The van der Waals surface area contributed by atoms with E-state index in [1.807, 2.05) is 0 Å². The number of hydrogen-bond acceptors (Lipinski definition) is 4. The zero-order valence-corrected chi connectivity index (χ0v) is 5.83. The monoisotopic (exact) mass is 151 g/mol. The van der Waals surface area contributed by atoms with Gasteiger partial charge in [0.2, 0.25) is 0 Å². The Hall–Kier alpha value is -1.76. The molecule has 0 amide bonds. The molecule has 0 bridgehead atoms. The maximum Gasteiger partial charge on any atom is 0.384 e. The van der Waals surface area contributed by atoms with Gasteiger partial charge in [0.1, 0.15) is 6.26 Å². The highest BCUT2D eigenvalue weighted by Gasteiger charge is 1.91. The fraction of sp³-hybridized carbons (Fsp3) is 0.143. The van der Waals surface area contributed by atoms with Crippen molar-refractivity contribution in [1.29, 1.82) is 0 Å². The van der Waals surface area contributed by atoms with Crippen molar-refractivity contribution in [3.63, 3.8) is 0 Å². The van der Waals surface area contributed by atoms with Crippen LogP contribution in [0.4, 0.5) is 0 Å². The number of methoxy groups -OCH3 is 1. The van der Waals surface area contributed by atoms with E-state index in [9.17, 15) is 4.79 Å². The number of ether oxygens (including phenoxy) is 1. The van der Waals surface area contributed by atoms with Crippen LogP contribution in [0.5, 0.6) is 0 Å². The molecule has 0 atom stereocenters. The van der Waals surface area contributed by atoms with E-state index < -0.39 is 5.97 Å². The summed E-state index contributed by atoms with van der Waals surface area (Å²) in [4.78, 5) is 10.5. The van der Waals surface area contributed by atoms with Crippen LogP contribution < -0.4 is 0 Å². The van der Waals surface area contributed by atoms with E-state index >= 15 is 0 Å². The van der Waals surface area contributed by atoms with Crippen molar-refractivity contribution < 1.29 is 14.1 Å². The predicted molar refractivity (Wildman–Crippen MR) is 35.4 cm³/mol. The largest absolute Gasteiger partial charge is 0.459 e. The van der Waals surface area contributed by atoms with Crippen LogP contribution in [-0.4, -0.2) is 18.2 Å². The van der Waals surface area contributed by atoms with Gasteiger partial charge in [-0.15, -0.1) is 0 Å². The second-order valence-electron chi connectivity index (χ2n) is 1.65. The summed E-state index contributed by atoms with van der Waals surface area (Å²) in [6.45, 7) is 0. The van der Waals surface area contributed by atoms with Gasteiger partial charge in [-0.3, -0.25) is 0 Å². The lowest BCUT2D eigenvalue weighted by molar-refractivity contribution is -0.133. The van der Waals surface area contributed by atoms with E-state index in [-0.39, 0.29) is 0 Å². The Morgan fingerprint density at radius 3 is 3.18 bits per heavy atom. The Bertz CT molecular complexity index is 291. The predicted octanol–water partition coefficient (Wildman–Crippen LogP) is 0.199. The molecular formula is C7H5NO3. The molecule has 0 spiro atoms. The molecule has 4 nitrogen and oxygen atoms in total. The number of carbonyl (C=O) groups excluding carboxylic acids is 1. The van der Waals surface area contributed by atoms with Gasteiger partial charge < -0.3 is 9.26 Å². The van der Waals surface area contributed by atoms with Crippen molar-refractivity contribution in [1.82, 2.24) is 5.16 Å². The Balaban J connectivity index is 2.66. The summed E-state index contributed by atoms with van der Waals surface area (Å²) in [5.41, 5.74) is 0.551. The smallest absolute Gasteiger partial charge is 0.384 e. The lowest BCUT2D eigenvalue weighted by Crippen LogP contribution is -1.94. The van der Waals surface area contributed by atoms with E-state index in [0.717, 1.165) is 0 Å². The van der Waals surface area contributed by atoms with Gasteiger partial charge in [0.25, 0.3) is 0 Å². The third kappa shape index (κ3) is 2.14. The van der Waals surface area contributed by atoms with Gasteiger partial charge in [-0.2, -0.15) is 0 Å². The molecule has 4 heteroatoms. The molecule has 0 N–H and O–H groups in total. The van der Waals surface area contributed by atoms with Crippen molar-refractivity contribution in [2.45, 2.75) is 0 Å². The molecule has 0 saturated heterocycles. The summed E-state index contributed by atoms with van der Waals surface area (Å²) >= 11 is 0. The minimum absolute atomic E-state index is 0.551. The molecule has 0 unspecified atom stereocenters. The van der Waals surface area contributed by atoms with Crippen LogP contribution in [-0.2, 0) is 9.53 Å². The Morgan fingerprint density at radius 1 is 1.82 bits per heavy atom. The molecule has 56 valence electrons. The summed E-state index contributed by atoms with van der Waals surface area (Å²) < 4.78 is 8.76. The highest BCUT2D eigenvalue weighted by molar-refractivity contribution is 5.88. The van der Waals surface area contributed by atoms with E-state index in [1.165, 1.54) is 19.6 Å². The second-order valence-corrected chi connectivity index (χ2v) is 1.65. The second kappa shape index (κ2) is 3.42. The van der Waals surface area contributed by atoms with Gasteiger partial charge in [0.15, 0.2) is 0 Å². The molecule has 0 aliphatic rings. The van der Waals surface area contributed by atoms with Crippen molar-refractivity contribution in [3.05, 3.63) is 18.0 Å². The Labute approximate surface area is 63.1 Å². The van der Waals surface area contributed by atoms with E-state index in [1.54, 1.807) is 0 Å². The van der Waals surface area contributed by atoms with Crippen LogP contribution in [0.2, 0.25) is 0 Å². The topological polar surface area (TPSA) is 52.3 Å². The van der Waals surface area contributed by atoms with E-state index in [0.29, 0.717) is 5.56 Å². The average molecular weight is 151 g/mol. The van der Waals surface area contributed by atoms with Crippen molar-refractivity contribution in [2.75, 3.05) is 7.11 Å². The number of nitrogens with zero attached hydrogens (tertiary/aromatic N) is 1. The van der Waals surface area contributed by atoms with Crippen LogP contribution in [0.15, 0.2) is 17.0 Å². The first-order chi connectivity index (χ1) is 5.33. The first kappa shape index (κ1) is 7.35. The maximum absolute atomic E-state index is 10.5. The summed E-state index contributed by atoms with van der Waals surface area (Å²) in [5, 5.41) is 3.40. The number of rotatable bonds is 0. The van der Waals surface area contributed by atoms with Crippen LogP contribution >= 0.6 is 0 Å². The summed E-state index contributed by atoms with van der Waals surface area (Å²) in [7, 11) is 1.27. The number of carbonyl (C=O) groups is 1. The molecule has 0 aliphatic carbocycles. The molecule has 0 aliphatic heterocycles. The number of aromatic nitrogens is 1. The molecule has 0 saturated carbocycles. The molecule has 0 radical (unpaired) electrons. The molecular weight excluding hydrogens is 146 g/mol. The fourth-order valence-electron chi connectivity index (χ4n) is 0.441. The number of esters is 1. The zero-order chi connectivity index (χ0) is 8.10. The highest BCUT2D eigenvalue weighted by atomic mass is 16.5. The van der Waals surface area contributed by atoms with Gasteiger partial charge in [0, 0.05) is 5.92 Å². The van der Waals surface area contributed by atoms with Crippen LogP contribution in [0, 0.1) is 11.8 Å². The summed E-state index contributed by atoms with van der Waals surface area (Å²) in [5.74, 6) is 4.14. The van der Waals surface area contributed by atoms with Crippen LogP contribution in [0.3, 0.4) is 0 Å². The highest BCUT2D eigenvalue weighted by Crippen LogP contribution is 1.91. The first-order valence-corrected chi connectivity index (χ1v) is 2.82. The van der Waals surface area contributed by atoms with Gasteiger partial charge in [-0.1, -0.05) is 5.16 Å². The van der Waals surface area contributed by atoms with Gasteiger partial charge in [-0.05, 0) is 5.92 Å². The van der Waals surface area contributed by atoms with Crippen molar-refractivity contribution >= 4 is 5.97 Å². The minimum Gasteiger partial charge on any atom is -0.459 e. The molecule has 1 rings (SSSR count). The van der Waals surface area contributed by atoms with Gasteiger partial charge >= 0.3 is 5.97 Å². The van der Waals surface area contributed by atoms with Crippen LogP contribution in [0.25, 0.3) is 0 Å². The summed E-state index contributed by atoms with van der Waals surface area (Å²) in [6.07, 6.45) is 2.76. The first-order valence-electron chi connectivity index (χ1n) is 2.82. The SMILES string of the molecule is COC(=O)C#Cc1cnoc1. The molecule has 1 aromatic heterocycles. The van der Waals surface area contributed by atoms with Crippen LogP contribution in [0.1, 0.15) is 5.56 Å². The minimum atomic E-state index is -0.578. The van der Waals surface area contributed by atoms with E-state index in [2.05, 4.69) is 26.3 Å². The third-order valence-corrected chi connectivity index (χ3v) is 0.927. The summed E-state index contributed by atoms with van der Waals surface area (Å²) in [6, 6.07) is 0. The standard InChI is InChI=1S/C7H5NO3/c1-10-7(9)3-2-6-4-8-11-5-6/h4-5H,1H3. The normalized spacial score (nSPS) is 8.09. The third-order valence-electron chi connectivity index (χ3n) is 0.927. The number of hydrogen-bond donors (Lipinski definition) is 0. The van der Waals surface area contributed by atoms with Gasteiger partial charge in [0.05, 0.1) is 18.9 Å². The van der Waals surface area contributed by atoms with Crippen molar-refractivity contribution in [3.8, 4) is 11.8 Å². The Kier molecular flexibility index (Phi) is 2.28.